The molecule has 0 spiro atoms. The first-order valence-corrected chi connectivity index (χ1v) is 5.68. The van der Waals surface area contributed by atoms with Crippen LogP contribution in [0.15, 0.2) is 0 Å². The minimum Gasteiger partial charge on any atom is -0.392 e. The summed E-state index contributed by atoms with van der Waals surface area (Å²) in [6, 6.07) is 0.786. The van der Waals surface area contributed by atoms with Crippen LogP contribution in [0.4, 0.5) is 0 Å². The van der Waals surface area contributed by atoms with E-state index in [2.05, 4.69) is 11.8 Å². The van der Waals surface area contributed by atoms with Gasteiger partial charge in [-0.3, -0.25) is 4.90 Å². The molecular weight excluding hydrogens is 162 g/mol. The first kappa shape index (κ1) is 9.47. The van der Waals surface area contributed by atoms with Gasteiger partial charge in [0.15, 0.2) is 0 Å². The van der Waals surface area contributed by atoms with Crippen LogP contribution in [0.2, 0.25) is 0 Å². The van der Waals surface area contributed by atoms with Gasteiger partial charge < -0.3 is 5.11 Å². The van der Waals surface area contributed by atoms with Crippen LogP contribution < -0.4 is 0 Å². The zero-order valence-electron chi connectivity index (χ0n) is 8.58. The van der Waals surface area contributed by atoms with Crippen LogP contribution >= 0.6 is 0 Å². The molecule has 0 radical (unpaired) electrons. The summed E-state index contributed by atoms with van der Waals surface area (Å²) in [4.78, 5) is 2.50. The van der Waals surface area contributed by atoms with Crippen molar-refractivity contribution in [2.24, 2.45) is 5.92 Å². The van der Waals surface area contributed by atoms with Crippen LogP contribution in [0.25, 0.3) is 0 Å². The molecule has 2 nitrogen and oxygen atoms in total. The van der Waals surface area contributed by atoms with Crippen LogP contribution in [-0.4, -0.2) is 35.2 Å². The van der Waals surface area contributed by atoms with E-state index in [0.29, 0.717) is 0 Å². The number of likely N-dealkylation sites (tertiary alicyclic amines) is 1. The van der Waals surface area contributed by atoms with Gasteiger partial charge in [0.1, 0.15) is 0 Å². The highest BCUT2D eigenvalue weighted by Crippen LogP contribution is 2.28. The van der Waals surface area contributed by atoms with Crippen LogP contribution in [0.3, 0.4) is 0 Å². The molecule has 0 unspecified atom stereocenters. The molecule has 76 valence electrons. The van der Waals surface area contributed by atoms with Gasteiger partial charge in [0.25, 0.3) is 0 Å². The van der Waals surface area contributed by atoms with Crippen LogP contribution in [0, 0.1) is 5.92 Å². The number of β-amino-alcohol motifs (C(OH)–C–C–N with tert-alkyl or cyclic N) is 1. The molecular formula is C11H21NO. The predicted molar refractivity (Wildman–Crippen MR) is 53.6 cm³/mol. The molecule has 0 aromatic rings. The van der Waals surface area contributed by atoms with Gasteiger partial charge in [0.05, 0.1) is 6.10 Å². The van der Waals surface area contributed by atoms with Gasteiger partial charge in [-0.1, -0.05) is 6.92 Å². The lowest BCUT2D eigenvalue weighted by Crippen LogP contribution is -2.36. The number of aliphatic hydroxyl groups excluding tert-OH is 1. The third kappa shape index (κ3) is 2.23. The maximum atomic E-state index is 9.44. The average molecular weight is 183 g/mol. The molecule has 1 N–H and O–H groups in total. The van der Waals surface area contributed by atoms with E-state index in [1.165, 1.54) is 25.7 Å². The second-order valence-electron chi connectivity index (χ2n) is 4.85. The molecule has 0 aromatic carbocycles. The molecule has 2 fully saturated rings. The molecule has 1 aliphatic carbocycles. The quantitative estimate of drug-likeness (QED) is 0.668. The first-order valence-electron chi connectivity index (χ1n) is 5.68. The van der Waals surface area contributed by atoms with Gasteiger partial charge in [-0.05, 0) is 38.0 Å². The normalized spacial score (nSPS) is 42.5. The fourth-order valence-corrected chi connectivity index (χ4v) is 2.71. The average Bonchev–Trinajstić information content (AvgIpc) is 2.53. The van der Waals surface area contributed by atoms with E-state index in [9.17, 15) is 5.11 Å². The zero-order valence-corrected chi connectivity index (χ0v) is 8.58. The molecule has 1 atom stereocenters. The summed E-state index contributed by atoms with van der Waals surface area (Å²) in [5, 5.41) is 9.44. The Hall–Kier alpha value is -0.0800. The molecule has 2 rings (SSSR count). The number of nitrogens with zero attached hydrogens (tertiary/aromatic N) is 1. The monoisotopic (exact) mass is 183 g/mol. The van der Waals surface area contributed by atoms with Gasteiger partial charge >= 0.3 is 0 Å². The molecule has 1 saturated heterocycles. The van der Waals surface area contributed by atoms with Crippen molar-refractivity contribution in [2.45, 2.75) is 51.2 Å². The van der Waals surface area contributed by atoms with Gasteiger partial charge in [-0.25, -0.2) is 0 Å². The summed E-state index contributed by atoms with van der Waals surface area (Å²) in [7, 11) is 0. The third-order valence-electron chi connectivity index (χ3n) is 3.70. The van der Waals surface area contributed by atoms with E-state index in [1.807, 2.05) is 0 Å². The lowest BCUT2D eigenvalue weighted by atomic mass is 9.87. The minimum absolute atomic E-state index is 0.0423. The van der Waals surface area contributed by atoms with E-state index in [1.54, 1.807) is 0 Å². The van der Waals surface area contributed by atoms with Crippen molar-refractivity contribution in [1.82, 2.24) is 4.90 Å². The summed E-state index contributed by atoms with van der Waals surface area (Å²) in [5.74, 6) is 0.934. The third-order valence-corrected chi connectivity index (χ3v) is 3.70. The standard InChI is InChI=1S/C11H21NO/c1-9-2-4-10(5-3-9)12-7-6-11(13)8-12/h9-11,13H,2-8H2,1H3/t9?,10?,11-/m0/s1. The topological polar surface area (TPSA) is 23.5 Å². The molecule has 0 bridgehead atoms. The van der Waals surface area contributed by atoms with Crippen LogP contribution in [-0.2, 0) is 0 Å². The maximum absolute atomic E-state index is 9.44. The number of aliphatic hydroxyl groups is 1. The van der Waals surface area contributed by atoms with Crippen molar-refractivity contribution in [3.8, 4) is 0 Å². The fourth-order valence-electron chi connectivity index (χ4n) is 2.71. The first-order chi connectivity index (χ1) is 6.25. The van der Waals surface area contributed by atoms with E-state index in [4.69, 9.17) is 0 Å². The van der Waals surface area contributed by atoms with E-state index in [0.717, 1.165) is 31.5 Å². The smallest absolute Gasteiger partial charge is 0.0679 e. The second kappa shape index (κ2) is 3.97. The van der Waals surface area contributed by atoms with E-state index in [-0.39, 0.29) is 6.10 Å². The molecule has 1 heterocycles. The van der Waals surface area contributed by atoms with Crippen LogP contribution in [0.1, 0.15) is 39.0 Å². The molecule has 2 aliphatic rings. The Kier molecular flexibility index (Phi) is 2.89. The zero-order chi connectivity index (χ0) is 9.26. The summed E-state index contributed by atoms with van der Waals surface area (Å²) >= 11 is 0. The highest BCUT2D eigenvalue weighted by molar-refractivity contribution is 4.84. The molecule has 1 saturated carbocycles. The Morgan fingerprint density at radius 1 is 1.08 bits per heavy atom. The summed E-state index contributed by atoms with van der Waals surface area (Å²) in [5.41, 5.74) is 0. The van der Waals surface area contributed by atoms with Gasteiger partial charge in [0, 0.05) is 19.1 Å². The number of hydrogen-bond donors (Lipinski definition) is 1. The Labute approximate surface area is 80.9 Å². The van der Waals surface area contributed by atoms with Gasteiger partial charge in [-0.15, -0.1) is 0 Å². The van der Waals surface area contributed by atoms with Crippen molar-refractivity contribution < 1.29 is 5.11 Å². The largest absolute Gasteiger partial charge is 0.392 e. The van der Waals surface area contributed by atoms with Crippen molar-refractivity contribution in [3.05, 3.63) is 0 Å². The summed E-state index contributed by atoms with van der Waals surface area (Å²) in [6.45, 7) is 4.41. The summed E-state index contributed by atoms with van der Waals surface area (Å²) < 4.78 is 0. The van der Waals surface area contributed by atoms with E-state index >= 15 is 0 Å². The van der Waals surface area contributed by atoms with Crippen LogP contribution in [0.5, 0.6) is 0 Å². The lowest BCUT2D eigenvalue weighted by Gasteiger charge is -2.33. The molecule has 0 amide bonds. The molecule has 1 aliphatic heterocycles. The highest BCUT2D eigenvalue weighted by atomic mass is 16.3. The lowest BCUT2D eigenvalue weighted by molar-refractivity contribution is 0.133. The Morgan fingerprint density at radius 2 is 1.77 bits per heavy atom. The maximum Gasteiger partial charge on any atom is 0.0679 e. The van der Waals surface area contributed by atoms with Gasteiger partial charge in [0.2, 0.25) is 0 Å². The van der Waals surface area contributed by atoms with Crippen molar-refractivity contribution in [2.75, 3.05) is 13.1 Å². The molecule has 13 heavy (non-hydrogen) atoms. The Balaban J connectivity index is 1.81. The molecule has 2 heteroatoms. The van der Waals surface area contributed by atoms with Crippen molar-refractivity contribution in [3.63, 3.8) is 0 Å². The second-order valence-corrected chi connectivity index (χ2v) is 4.85. The van der Waals surface area contributed by atoms with Crippen molar-refractivity contribution >= 4 is 0 Å². The van der Waals surface area contributed by atoms with E-state index < -0.39 is 0 Å². The highest BCUT2D eigenvalue weighted by Gasteiger charge is 2.29. The number of rotatable bonds is 1. The van der Waals surface area contributed by atoms with Crippen molar-refractivity contribution in [1.29, 1.82) is 0 Å². The number of hydrogen-bond acceptors (Lipinski definition) is 2. The minimum atomic E-state index is -0.0423. The Bertz CT molecular complexity index is 163. The Morgan fingerprint density at radius 3 is 2.31 bits per heavy atom. The SMILES string of the molecule is CC1CCC(N2CC[C@H](O)C2)CC1. The van der Waals surface area contributed by atoms with Gasteiger partial charge in [-0.2, -0.15) is 0 Å². The fraction of sp³-hybridized carbons (Fsp3) is 1.00. The summed E-state index contributed by atoms with van der Waals surface area (Å²) in [6.07, 6.45) is 6.43. The molecule has 0 aromatic heterocycles. The predicted octanol–water partition coefficient (Wildman–Crippen LogP) is 1.63.